The molecule has 0 radical (unpaired) electrons. The van der Waals surface area contributed by atoms with Crippen LogP contribution >= 0.6 is 15.9 Å². The topological polar surface area (TPSA) is 47.0 Å². The third-order valence-electron chi connectivity index (χ3n) is 3.34. The summed E-state index contributed by atoms with van der Waals surface area (Å²) in [6.07, 6.45) is 2.58. The smallest absolute Gasteiger partial charge is 0.148 e. The number of rotatable bonds is 4. The minimum atomic E-state index is 0.308. The number of hydrogen-bond donors (Lipinski definition) is 1. The number of hydrogen-bond acceptors (Lipinski definition) is 4. The van der Waals surface area contributed by atoms with Gasteiger partial charge in [0.25, 0.3) is 0 Å². The molecule has 1 aromatic heterocycles. The van der Waals surface area contributed by atoms with Gasteiger partial charge in [-0.25, -0.2) is 0 Å². The Labute approximate surface area is 126 Å². The van der Waals surface area contributed by atoms with Crippen LogP contribution in [0.25, 0.3) is 11.3 Å². The zero-order valence-corrected chi connectivity index (χ0v) is 12.6. The molecular formula is C15H16BrN3O. The minimum absolute atomic E-state index is 0.308. The summed E-state index contributed by atoms with van der Waals surface area (Å²) in [6, 6.07) is 12.0. The highest BCUT2D eigenvalue weighted by molar-refractivity contribution is 9.10. The van der Waals surface area contributed by atoms with Gasteiger partial charge in [-0.3, -0.25) is 0 Å². The van der Waals surface area contributed by atoms with E-state index in [9.17, 15) is 0 Å². The van der Waals surface area contributed by atoms with Crippen LogP contribution in [0.15, 0.2) is 40.9 Å². The summed E-state index contributed by atoms with van der Waals surface area (Å²) in [5.41, 5.74) is 1.94. The lowest BCUT2D eigenvalue weighted by Gasteiger charge is -2.10. The lowest BCUT2D eigenvalue weighted by atomic mass is 10.1. The second kappa shape index (κ2) is 6.33. The summed E-state index contributed by atoms with van der Waals surface area (Å²) in [5, 5.41) is 11.7. The molecule has 1 atom stereocenters. The fraction of sp³-hybridized carbons (Fsp3) is 0.333. The lowest BCUT2D eigenvalue weighted by molar-refractivity contribution is 0.120. The molecule has 1 saturated heterocycles. The predicted octanol–water partition coefficient (Wildman–Crippen LogP) is 3.50. The summed E-state index contributed by atoms with van der Waals surface area (Å²) >= 11 is 3.42. The normalized spacial score (nSPS) is 18.1. The van der Waals surface area contributed by atoms with E-state index < -0.39 is 0 Å². The summed E-state index contributed by atoms with van der Waals surface area (Å²) < 4.78 is 6.62. The minimum Gasteiger partial charge on any atom is -0.376 e. The van der Waals surface area contributed by atoms with Crippen LogP contribution in [-0.4, -0.2) is 29.5 Å². The van der Waals surface area contributed by atoms with E-state index in [1.165, 1.54) is 0 Å². The van der Waals surface area contributed by atoms with E-state index in [0.717, 1.165) is 47.5 Å². The number of benzene rings is 1. The van der Waals surface area contributed by atoms with Gasteiger partial charge in [0.15, 0.2) is 0 Å². The van der Waals surface area contributed by atoms with Crippen LogP contribution in [0.3, 0.4) is 0 Å². The molecule has 0 amide bonds. The van der Waals surface area contributed by atoms with Crippen molar-refractivity contribution in [2.24, 2.45) is 0 Å². The molecule has 1 aromatic carbocycles. The monoisotopic (exact) mass is 333 g/mol. The molecule has 0 aliphatic carbocycles. The molecule has 1 aliphatic rings. The molecule has 0 spiro atoms. The largest absolute Gasteiger partial charge is 0.376 e. The Balaban J connectivity index is 1.63. The van der Waals surface area contributed by atoms with Crippen LogP contribution in [-0.2, 0) is 4.74 Å². The second-order valence-corrected chi connectivity index (χ2v) is 5.74. The zero-order valence-electron chi connectivity index (χ0n) is 11.1. The van der Waals surface area contributed by atoms with Crippen LogP contribution in [0.1, 0.15) is 12.8 Å². The van der Waals surface area contributed by atoms with Gasteiger partial charge in [0, 0.05) is 23.2 Å². The number of halogens is 1. The first-order valence-corrected chi connectivity index (χ1v) is 7.56. The Morgan fingerprint density at radius 1 is 1.15 bits per heavy atom. The molecule has 0 bridgehead atoms. The van der Waals surface area contributed by atoms with Gasteiger partial charge < -0.3 is 10.1 Å². The van der Waals surface area contributed by atoms with Gasteiger partial charge in [-0.1, -0.05) is 28.1 Å². The van der Waals surface area contributed by atoms with Crippen molar-refractivity contribution >= 4 is 21.7 Å². The van der Waals surface area contributed by atoms with E-state index in [4.69, 9.17) is 4.74 Å². The molecule has 3 rings (SSSR count). The highest BCUT2D eigenvalue weighted by Gasteiger charge is 2.15. The summed E-state index contributed by atoms with van der Waals surface area (Å²) in [5.74, 6) is 0.793. The maximum atomic E-state index is 5.56. The molecule has 4 nitrogen and oxygen atoms in total. The average molecular weight is 334 g/mol. The molecule has 20 heavy (non-hydrogen) atoms. The van der Waals surface area contributed by atoms with E-state index in [1.807, 2.05) is 36.4 Å². The van der Waals surface area contributed by atoms with E-state index in [-0.39, 0.29) is 0 Å². The number of anilines is 1. The van der Waals surface area contributed by atoms with Gasteiger partial charge in [-0.15, -0.1) is 10.2 Å². The molecule has 0 saturated carbocycles. The van der Waals surface area contributed by atoms with Crippen molar-refractivity contribution in [3.05, 3.63) is 40.9 Å². The van der Waals surface area contributed by atoms with Gasteiger partial charge >= 0.3 is 0 Å². The third kappa shape index (κ3) is 3.35. The zero-order chi connectivity index (χ0) is 13.8. The van der Waals surface area contributed by atoms with Crippen molar-refractivity contribution in [2.45, 2.75) is 18.9 Å². The van der Waals surface area contributed by atoms with Gasteiger partial charge in [0.1, 0.15) is 5.82 Å². The van der Waals surface area contributed by atoms with Crippen LogP contribution < -0.4 is 5.32 Å². The van der Waals surface area contributed by atoms with Crippen molar-refractivity contribution < 1.29 is 4.74 Å². The highest BCUT2D eigenvalue weighted by Crippen LogP contribution is 2.20. The Morgan fingerprint density at radius 2 is 2.00 bits per heavy atom. The van der Waals surface area contributed by atoms with Crippen molar-refractivity contribution in [2.75, 3.05) is 18.5 Å². The SMILES string of the molecule is Brc1ccc(-c2ccc(NCC3CCCO3)nn2)cc1. The van der Waals surface area contributed by atoms with Crippen molar-refractivity contribution in [3.63, 3.8) is 0 Å². The van der Waals surface area contributed by atoms with E-state index in [0.29, 0.717) is 6.10 Å². The number of aromatic nitrogens is 2. The molecule has 5 heteroatoms. The van der Waals surface area contributed by atoms with Gasteiger partial charge in [-0.2, -0.15) is 0 Å². The molecule has 1 unspecified atom stereocenters. The van der Waals surface area contributed by atoms with Crippen molar-refractivity contribution in [1.29, 1.82) is 0 Å². The maximum absolute atomic E-state index is 5.56. The fourth-order valence-electron chi connectivity index (χ4n) is 2.22. The fourth-order valence-corrected chi connectivity index (χ4v) is 2.49. The Morgan fingerprint density at radius 3 is 2.65 bits per heavy atom. The van der Waals surface area contributed by atoms with E-state index >= 15 is 0 Å². The number of nitrogens with zero attached hydrogens (tertiary/aromatic N) is 2. The van der Waals surface area contributed by atoms with Crippen molar-refractivity contribution in [1.82, 2.24) is 10.2 Å². The standard InChI is InChI=1S/C15H16BrN3O/c16-12-5-3-11(4-6-12)14-7-8-15(19-18-14)17-10-13-2-1-9-20-13/h3-8,13H,1-2,9-10H2,(H,17,19). The summed E-state index contributed by atoms with van der Waals surface area (Å²) in [7, 11) is 0. The van der Waals surface area contributed by atoms with E-state index in [1.54, 1.807) is 0 Å². The van der Waals surface area contributed by atoms with Crippen LogP contribution in [0.5, 0.6) is 0 Å². The number of nitrogens with one attached hydrogen (secondary N) is 1. The molecule has 1 fully saturated rings. The first-order chi connectivity index (χ1) is 9.81. The second-order valence-electron chi connectivity index (χ2n) is 4.83. The Bertz CT molecular complexity index is 550. The summed E-state index contributed by atoms with van der Waals surface area (Å²) in [4.78, 5) is 0. The predicted molar refractivity (Wildman–Crippen MR) is 82.6 cm³/mol. The van der Waals surface area contributed by atoms with Crippen LogP contribution in [0.4, 0.5) is 5.82 Å². The quantitative estimate of drug-likeness (QED) is 0.930. The maximum Gasteiger partial charge on any atom is 0.148 e. The average Bonchev–Trinajstić information content (AvgIpc) is 3.00. The molecule has 1 N–H and O–H groups in total. The summed E-state index contributed by atoms with van der Waals surface area (Å²) in [6.45, 7) is 1.67. The molecule has 1 aliphatic heterocycles. The molecule has 2 heterocycles. The van der Waals surface area contributed by atoms with Gasteiger partial charge in [0.05, 0.1) is 11.8 Å². The molecule has 104 valence electrons. The van der Waals surface area contributed by atoms with Gasteiger partial charge in [0.2, 0.25) is 0 Å². The lowest BCUT2D eigenvalue weighted by Crippen LogP contribution is -2.19. The Kier molecular flexibility index (Phi) is 4.28. The first kappa shape index (κ1) is 13.5. The highest BCUT2D eigenvalue weighted by atomic mass is 79.9. The van der Waals surface area contributed by atoms with Gasteiger partial charge in [-0.05, 0) is 37.1 Å². The first-order valence-electron chi connectivity index (χ1n) is 6.76. The Hall–Kier alpha value is -1.46. The van der Waals surface area contributed by atoms with Crippen molar-refractivity contribution in [3.8, 4) is 11.3 Å². The molecular weight excluding hydrogens is 318 g/mol. The number of ether oxygens (including phenoxy) is 1. The van der Waals surface area contributed by atoms with E-state index in [2.05, 4.69) is 31.4 Å². The third-order valence-corrected chi connectivity index (χ3v) is 3.87. The van der Waals surface area contributed by atoms with Crippen LogP contribution in [0.2, 0.25) is 0 Å². The molecule has 2 aromatic rings. The van der Waals surface area contributed by atoms with Crippen LogP contribution in [0, 0.1) is 0 Å².